The van der Waals surface area contributed by atoms with Gasteiger partial charge in [-0.1, -0.05) is 0 Å². The molecule has 2 heterocycles. The van der Waals surface area contributed by atoms with Crippen LogP contribution in [0.3, 0.4) is 0 Å². The molecule has 0 saturated carbocycles. The van der Waals surface area contributed by atoms with Gasteiger partial charge in [-0.25, -0.2) is 9.97 Å². The van der Waals surface area contributed by atoms with Crippen molar-refractivity contribution in [3.8, 4) is 0 Å². The Morgan fingerprint density at radius 3 is 3.06 bits per heavy atom. The van der Waals surface area contributed by atoms with Crippen molar-refractivity contribution in [2.75, 3.05) is 11.9 Å². The number of nitrogens with zero attached hydrogens (tertiary/aromatic N) is 3. The summed E-state index contributed by atoms with van der Waals surface area (Å²) in [6.07, 6.45) is 8.53. The third-order valence-electron chi connectivity index (χ3n) is 2.45. The third kappa shape index (κ3) is 2.93. The maximum Gasteiger partial charge on any atom is 0.293 e. The molecule has 2 aromatic heterocycles. The summed E-state index contributed by atoms with van der Waals surface area (Å²) in [5.41, 5.74) is -0.106. The molecule has 0 fully saturated rings. The predicted molar refractivity (Wildman–Crippen MR) is 64.9 cm³/mol. The maximum atomic E-state index is 11.6. The molecule has 90 valence electrons. The van der Waals surface area contributed by atoms with E-state index in [0.717, 1.165) is 18.7 Å². The van der Waals surface area contributed by atoms with Crippen molar-refractivity contribution in [1.82, 2.24) is 19.5 Å². The Morgan fingerprint density at radius 2 is 2.29 bits per heavy atom. The van der Waals surface area contributed by atoms with Gasteiger partial charge in [0.1, 0.15) is 5.82 Å². The van der Waals surface area contributed by atoms with Crippen LogP contribution in [0.4, 0.5) is 5.82 Å². The molecule has 2 rings (SSSR count). The van der Waals surface area contributed by atoms with E-state index in [-0.39, 0.29) is 5.56 Å². The zero-order valence-electron chi connectivity index (χ0n) is 9.68. The molecule has 6 nitrogen and oxygen atoms in total. The van der Waals surface area contributed by atoms with E-state index in [9.17, 15) is 4.79 Å². The average Bonchev–Trinajstić information content (AvgIpc) is 2.83. The minimum absolute atomic E-state index is 0.106. The first-order chi connectivity index (χ1) is 8.27. The zero-order valence-corrected chi connectivity index (χ0v) is 9.68. The van der Waals surface area contributed by atoms with E-state index >= 15 is 0 Å². The standard InChI is InChI=1S/C11H15N5O/c1-16-8-7-15-10(11(16)17)14-4-2-3-9-12-5-6-13-9/h5-8H,2-4H2,1H3,(H,12,13)(H,14,15). The lowest BCUT2D eigenvalue weighted by Gasteiger charge is -2.05. The first-order valence-corrected chi connectivity index (χ1v) is 5.51. The molecule has 17 heavy (non-hydrogen) atoms. The van der Waals surface area contributed by atoms with Crippen LogP contribution < -0.4 is 10.9 Å². The highest BCUT2D eigenvalue weighted by molar-refractivity contribution is 5.30. The topological polar surface area (TPSA) is 75.6 Å². The Balaban J connectivity index is 1.82. The number of aromatic nitrogens is 4. The van der Waals surface area contributed by atoms with Crippen molar-refractivity contribution < 1.29 is 0 Å². The molecule has 0 radical (unpaired) electrons. The van der Waals surface area contributed by atoms with Gasteiger partial charge in [-0.3, -0.25) is 4.79 Å². The summed E-state index contributed by atoms with van der Waals surface area (Å²) < 4.78 is 1.50. The minimum Gasteiger partial charge on any atom is -0.365 e. The molecule has 0 unspecified atom stereocenters. The van der Waals surface area contributed by atoms with Crippen molar-refractivity contribution in [2.45, 2.75) is 12.8 Å². The number of anilines is 1. The van der Waals surface area contributed by atoms with Gasteiger partial charge in [0.05, 0.1) is 0 Å². The fourth-order valence-corrected chi connectivity index (χ4v) is 1.52. The van der Waals surface area contributed by atoms with E-state index in [0.29, 0.717) is 12.4 Å². The molecule has 0 atom stereocenters. The molecule has 0 saturated heterocycles. The normalized spacial score (nSPS) is 10.4. The zero-order chi connectivity index (χ0) is 12.1. The van der Waals surface area contributed by atoms with Gasteiger partial charge in [0, 0.05) is 44.8 Å². The Kier molecular flexibility index (Phi) is 3.54. The molecular formula is C11H15N5O. The van der Waals surface area contributed by atoms with Crippen LogP contribution in [0.25, 0.3) is 0 Å². The molecule has 0 amide bonds. The lowest BCUT2D eigenvalue weighted by molar-refractivity contribution is 0.799. The lowest BCUT2D eigenvalue weighted by atomic mass is 10.3. The number of aromatic amines is 1. The molecule has 2 aromatic rings. The predicted octanol–water partition coefficient (Wildman–Crippen LogP) is 0.548. The van der Waals surface area contributed by atoms with Gasteiger partial charge in [0.25, 0.3) is 5.56 Å². The Bertz CT molecular complexity index is 517. The molecular weight excluding hydrogens is 218 g/mol. The number of nitrogens with one attached hydrogen (secondary N) is 2. The lowest BCUT2D eigenvalue weighted by Crippen LogP contribution is -2.22. The molecule has 0 aliphatic heterocycles. The highest BCUT2D eigenvalue weighted by Crippen LogP contribution is 1.96. The maximum absolute atomic E-state index is 11.6. The van der Waals surface area contributed by atoms with E-state index in [1.807, 2.05) is 0 Å². The summed E-state index contributed by atoms with van der Waals surface area (Å²) in [6, 6.07) is 0. The van der Waals surface area contributed by atoms with Crippen LogP contribution in [0.2, 0.25) is 0 Å². The second kappa shape index (κ2) is 5.29. The van der Waals surface area contributed by atoms with Gasteiger partial charge in [-0.2, -0.15) is 0 Å². The number of aryl methyl sites for hydroxylation is 2. The number of imidazole rings is 1. The summed E-state index contributed by atoms with van der Waals surface area (Å²) in [5.74, 6) is 1.36. The van der Waals surface area contributed by atoms with Crippen molar-refractivity contribution in [1.29, 1.82) is 0 Å². The van der Waals surface area contributed by atoms with E-state index in [1.54, 1.807) is 31.8 Å². The fourth-order valence-electron chi connectivity index (χ4n) is 1.52. The molecule has 6 heteroatoms. The smallest absolute Gasteiger partial charge is 0.293 e. The Morgan fingerprint density at radius 1 is 1.41 bits per heavy atom. The highest BCUT2D eigenvalue weighted by Gasteiger charge is 2.01. The van der Waals surface area contributed by atoms with Crippen LogP contribution in [-0.4, -0.2) is 26.1 Å². The largest absolute Gasteiger partial charge is 0.365 e. The van der Waals surface area contributed by atoms with Crippen molar-refractivity contribution in [2.24, 2.45) is 7.05 Å². The van der Waals surface area contributed by atoms with Crippen LogP contribution in [0, 0.1) is 0 Å². The molecule has 0 aliphatic rings. The van der Waals surface area contributed by atoms with Crippen molar-refractivity contribution in [3.63, 3.8) is 0 Å². The van der Waals surface area contributed by atoms with Crippen molar-refractivity contribution >= 4 is 5.82 Å². The van der Waals surface area contributed by atoms with Gasteiger partial charge in [-0.15, -0.1) is 0 Å². The number of hydrogen-bond acceptors (Lipinski definition) is 4. The Hall–Kier alpha value is -2.11. The van der Waals surface area contributed by atoms with E-state index in [2.05, 4.69) is 20.3 Å². The summed E-state index contributed by atoms with van der Waals surface area (Å²) >= 11 is 0. The first-order valence-electron chi connectivity index (χ1n) is 5.51. The quantitative estimate of drug-likeness (QED) is 0.739. The molecule has 0 spiro atoms. The SMILES string of the molecule is Cn1ccnc(NCCCc2ncc[nH]2)c1=O. The van der Waals surface area contributed by atoms with Crippen LogP contribution in [0.1, 0.15) is 12.2 Å². The molecule has 0 aliphatic carbocycles. The third-order valence-corrected chi connectivity index (χ3v) is 2.45. The van der Waals surface area contributed by atoms with Gasteiger partial charge in [-0.05, 0) is 6.42 Å². The van der Waals surface area contributed by atoms with E-state index in [4.69, 9.17) is 0 Å². The molecule has 0 aromatic carbocycles. The average molecular weight is 233 g/mol. The fraction of sp³-hybridized carbons (Fsp3) is 0.364. The summed E-state index contributed by atoms with van der Waals surface area (Å²) in [5, 5.41) is 3.03. The van der Waals surface area contributed by atoms with Crippen LogP contribution >= 0.6 is 0 Å². The summed E-state index contributed by atoms with van der Waals surface area (Å²) in [7, 11) is 1.71. The van der Waals surface area contributed by atoms with Gasteiger partial charge in [0.2, 0.25) is 0 Å². The first kappa shape index (κ1) is 11.4. The summed E-state index contributed by atoms with van der Waals surface area (Å²) in [4.78, 5) is 22.8. The molecule has 2 N–H and O–H groups in total. The van der Waals surface area contributed by atoms with Gasteiger partial charge in [0.15, 0.2) is 5.82 Å². The number of hydrogen-bond donors (Lipinski definition) is 2. The minimum atomic E-state index is -0.106. The van der Waals surface area contributed by atoms with E-state index < -0.39 is 0 Å². The monoisotopic (exact) mass is 233 g/mol. The van der Waals surface area contributed by atoms with Crippen molar-refractivity contribution in [3.05, 3.63) is 41.0 Å². The molecule has 0 bridgehead atoms. The second-order valence-corrected chi connectivity index (χ2v) is 3.76. The van der Waals surface area contributed by atoms with Gasteiger partial charge < -0.3 is 14.9 Å². The van der Waals surface area contributed by atoms with E-state index in [1.165, 1.54) is 4.57 Å². The number of H-pyrrole nitrogens is 1. The Labute approximate surface area is 98.7 Å². The summed E-state index contributed by atoms with van der Waals surface area (Å²) in [6.45, 7) is 0.701. The van der Waals surface area contributed by atoms with Crippen LogP contribution in [0.5, 0.6) is 0 Å². The van der Waals surface area contributed by atoms with Crippen LogP contribution in [-0.2, 0) is 13.5 Å². The van der Waals surface area contributed by atoms with Crippen LogP contribution in [0.15, 0.2) is 29.6 Å². The highest BCUT2D eigenvalue weighted by atomic mass is 16.1. The second-order valence-electron chi connectivity index (χ2n) is 3.76. The number of rotatable bonds is 5. The van der Waals surface area contributed by atoms with Gasteiger partial charge >= 0.3 is 0 Å².